The number of hydrogen-bond donors (Lipinski definition) is 0. The number of furan rings is 1. The van der Waals surface area contributed by atoms with Crippen LogP contribution in [-0.2, 0) is 23.8 Å². The van der Waals surface area contributed by atoms with E-state index in [1.807, 2.05) is 44.2 Å². The van der Waals surface area contributed by atoms with Crippen molar-refractivity contribution in [3.63, 3.8) is 0 Å². The summed E-state index contributed by atoms with van der Waals surface area (Å²) < 4.78 is 27.7. The van der Waals surface area contributed by atoms with Gasteiger partial charge >= 0.3 is 5.97 Å². The Labute approximate surface area is 214 Å². The average Bonchev–Trinajstić information content (AvgIpc) is 3.63. The van der Waals surface area contributed by atoms with E-state index in [4.69, 9.17) is 28.2 Å². The lowest BCUT2D eigenvalue weighted by molar-refractivity contribution is -0.190. The van der Waals surface area contributed by atoms with Crippen molar-refractivity contribution in [2.75, 3.05) is 13.2 Å². The van der Waals surface area contributed by atoms with Crippen LogP contribution in [0.4, 0.5) is 0 Å². The lowest BCUT2D eigenvalue weighted by Crippen LogP contribution is -2.21. The summed E-state index contributed by atoms with van der Waals surface area (Å²) in [6.07, 6.45) is 11.7. The number of ether oxygens (including phenoxy) is 4. The van der Waals surface area contributed by atoms with E-state index in [1.54, 1.807) is 25.0 Å². The molecular formula is C29H27NO7. The minimum atomic E-state index is -0.663. The van der Waals surface area contributed by atoms with Crippen molar-refractivity contribution in [2.45, 2.75) is 38.8 Å². The molecule has 1 aromatic heterocycles. The quantitative estimate of drug-likeness (QED) is 0.230. The number of hydrogen-bond acceptors (Lipinski definition) is 8. The number of allylic oxidation sites excluding steroid dienone is 6. The normalized spacial score (nSPS) is 25.6. The van der Waals surface area contributed by atoms with Gasteiger partial charge in [-0.2, -0.15) is 0 Å². The van der Waals surface area contributed by atoms with Crippen LogP contribution < -0.4 is 4.74 Å². The van der Waals surface area contributed by atoms with E-state index in [0.717, 1.165) is 33.4 Å². The van der Waals surface area contributed by atoms with E-state index in [1.165, 1.54) is 5.57 Å². The second kappa shape index (κ2) is 9.53. The number of cyclic esters (lactones) is 1. The summed E-state index contributed by atoms with van der Waals surface area (Å²) in [6.45, 7) is 4.33. The molecule has 2 aromatic rings. The first-order chi connectivity index (χ1) is 17.9. The third-order valence-electron chi connectivity index (χ3n) is 6.76. The molecule has 0 amide bonds. The fourth-order valence-corrected chi connectivity index (χ4v) is 5.02. The summed E-state index contributed by atoms with van der Waals surface area (Å²) in [7, 11) is 0. The van der Waals surface area contributed by atoms with Crippen molar-refractivity contribution in [3.8, 4) is 5.75 Å². The minimum absolute atomic E-state index is 0.155. The van der Waals surface area contributed by atoms with Crippen LogP contribution in [-0.4, -0.2) is 37.5 Å². The molecule has 2 aliphatic carbocycles. The SMILES string of the molecule is CC1(C)OC[C@H](ON=Cc2cccc(OC=C3C=CC4=C(C3)CC3C(=O)OCC3=C4c3ccoc3)c2)O1. The molecule has 0 spiro atoms. The van der Waals surface area contributed by atoms with Crippen molar-refractivity contribution < 1.29 is 33.0 Å². The van der Waals surface area contributed by atoms with Gasteiger partial charge in [0.1, 0.15) is 19.0 Å². The van der Waals surface area contributed by atoms with Crippen LogP contribution >= 0.6 is 0 Å². The fourth-order valence-electron chi connectivity index (χ4n) is 5.02. The summed E-state index contributed by atoms with van der Waals surface area (Å²) >= 11 is 0. The molecule has 2 aliphatic heterocycles. The highest BCUT2D eigenvalue weighted by atomic mass is 16.9. The number of benzene rings is 1. The highest BCUT2D eigenvalue weighted by Crippen LogP contribution is 2.47. The first-order valence-electron chi connectivity index (χ1n) is 12.2. The number of esters is 1. The summed E-state index contributed by atoms with van der Waals surface area (Å²) in [6, 6.07) is 9.48. The van der Waals surface area contributed by atoms with E-state index in [2.05, 4.69) is 17.3 Å². The van der Waals surface area contributed by atoms with Crippen molar-refractivity contribution in [3.05, 3.63) is 94.7 Å². The van der Waals surface area contributed by atoms with Crippen LogP contribution in [0, 0.1) is 5.92 Å². The Hall–Kier alpha value is -3.88. The monoisotopic (exact) mass is 501 g/mol. The molecule has 6 rings (SSSR count). The average molecular weight is 502 g/mol. The lowest BCUT2D eigenvalue weighted by Gasteiger charge is -2.27. The Kier molecular flexibility index (Phi) is 6.06. The topological polar surface area (TPSA) is 88.7 Å². The van der Waals surface area contributed by atoms with Gasteiger partial charge in [-0.15, -0.1) is 0 Å². The third kappa shape index (κ3) is 4.90. The van der Waals surface area contributed by atoms with E-state index in [9.17, 15) is 4.79 Å². The van der Waals surface area contributed by atoms with Crippen LogP contribution in [0.25, 0.3) is 5.57 Å². The third-order valence-corrected chi connectivity index (χ3v) is 6.76. The number of fused-ring (bicyclic) bond motifs is 1. The molecule has 0 N–H and O–H groups in total. The molecule has 0 saturated carbocycles. The van der Waals surface area contributed by atoms with E-state index < -0.39 is 12.1 Å². The molecule has 37 heavy (non-hydrogen) atoms. The van der Waals surface area contributed by atoms with Gasteiger partial charge in [0.05, 0.1) is 30.9 Å². The molecule has 190 valence electrons. The largest absolute Gasteiger partial charge is 0.472 e. The van der Waals surface area contributed by atoms with Crippen LogP contribution in [0.5, 0.6) is 5.75 Å². The number of carbonyl (C=O) groups excluding carboxylic acids is 1. The van der Waals surface area contributed by atoms with Gasteiger partial charge in [0.2, 0.25) is 0 Å². The Morgan fingerprint density at radius 3 is 2.92 bits per heavy atom. The van der Waals surface area contributed by atoms with Crippen molar-refractivity contribution in [1.82, 2.24) is 0 Å². The maximum atomic E-state index is 12.4. The van der Waals surface area contributed by atoms with Crippen LogP contribution in [0.15, 0.2) is 93.1 Å². The molecule has 4 aliphatic rings. The van der Waals surface area contributed by atoms with E-state index >= 15 is 0 Å². The molecule has 8 nitrogen and oxygen atoms in total. The number of rotatable bonds is 6. The Balaban J connectivity index is 1.14. The molecule has 1 aromatic carbocycles. The van der Waals surface area contributed by atoms with E-state index in [-0.39, 0.29) is 11.9 Å². The lowest BCUT2D eigenvalue weighted by atomic mass is 9.74. The highest BCUT2D eigenvalue weighted by Gasteiger charge is 2.40. The summed E-state index contributed by atoms with van der Waals surface area (Å²) in [5.41, 5.74) is 7.24. The van der Waals surface area contributed by atoms with Crippen molar-refractivity contribution in [2.24, 2.45) is 11.1 Å². The molecule has 2 saturated heterocycles. The maximum absolute atomic E-state index is 12.4. The van der Waals surface area contributed by atoms with Gasteiger partial charge in [0, 0.05) is 5.56 Å². The first-order valence-corrected chi connectivity index (χ1v) is 12.2. The number of nitrogens with zero attached hydrogens (tertiary/aromatic N) is 1. The first kappa shape index (κ1) is 23.5. The Bertz CT molecular complexity index is 1360. The van der Waals surface area contributed by atoms with Gasteiger partial charge in [-0.05, 0) is 72.7 Å². The summed E-state index contributed by atoms with van der Waals surface area (Å²) in [4.78, 5) is 17.8. The predicted octanol–water partition coefficient (Wildman–Crippen LogP) is 5.29. The van der Waals surface area contributed by atoms with Gasteiger partial charge < -0.3 is 28.2 Å². The van der Waals surface area contributed by atoms with Crippen LogP contribution in [0.2, 0.25) is 0 Å². The van der Waals surface area contributed by atoms with Gasteiger partial charge in [0.15, 0.2) is 5.79 Å². The maximum Gasteiger partial charge on any atom is 0.313 e. The van der Waals surface area contributed by atoms with Gasteiger partial charge in [-0.25, -0.2) is 0 Å². The molecular weight excluding hydrogens is 474 g/mol. The van der Waals surface area contributed by atoms with Gasteiger partial charge in [-0.1, -0.05) is 35.0 Å². The molecule has 2 atom stereocenters. The highest BCUT2D eigenvalue weighted by molar-refractivity contribution is 5.94. The second-order valence-corrected chi connectivity index (χ2v) is 9.79. The van der Waals surface area contributed by atoms with Gasteiger partial charge in [0.25, 0.3) is 6.29 Å². The molecule has 1 unspecified atom stereocenters. The molecule has 8 heteroatoms. The summed E-state index contributed by atoms with van der Waals surface area (Å²) in [5, 5.41) is 4.02. The fraction of sp³-hybridized carbons (Fsp3) is 0.310. The minimum Gasteiger partial charge on any atom is -0.472 e. The smallest absolute Gasteiger partial charge is 0.313 e. The van der Waals surface area contributed by atoms with Crippen LogP contribution in [0.1, 0.15) is 37.8 Å². The van der Waals surface area contributed by atoms with E-state index in [0.29, 0.717) is 31.8 Å². The molecule has 3 heterocycles. The molecule has 2 fully saturated rings. The number of oxime groups is 1. The zero-order valence-corrected chi connectivity index (χ0v) is 20.6. The standard InChI is InChI=1S/C29H27NO7/c1-29(2)35-17-26(36-29)37-30-13-18-4-3-5-22(11-18)33-14-19-6-7-23-21(10-19)12-24-25(16-34-28(24)31)27(23)20-8-9-32-15-20/h3-9,11,13-15,24,26H,10,12,16-17H2,1-2H3/t24?,26-/m0/s1. The molecule has 0 radical (unpaired) electrons. The zero-order valence-electron chi connectivity index (χ0n) is 20.6. The predicted molar refractivity (Wildman–Crippen MR) is 134 cm³/mol. The second-order valence-electron chi connectivity index (χ2n) is 9.79. The number of carbonyl (C=O) groups is 1. The van der Waals surface area contributed by atoms with Crippen molar-refractivity contribution in [1.29, 1.82) is 0 Å². The molecule has 0 bridgehead atoms. The Morgan fingerprint density at radius 1 is 1.19 bits per heavy atom. The summed E-state index contributed by atoms with van der Waals surface area (Å²) in [5.74, 6) is -0.376. The Morgan fingerprint density at radius 2 is 2.11 bits per heavy atom. The van der Waals surface area contributed by atoms with Crippen molar-refractivity contribution >= 4 is 17.8 Å². The van der Waals surface area contributed by atoms with Gasteiger partial charge in [-0.3, -0.25) is 4.79 Å². The zero-order chi connectivity index (χ0) is 25.4. The van der Waals surface area contributed by atoms with Crippen LogP contribution in [0.3, 0.4) is 0 Å².